The summed E-state index contributed by atoms with van der Waals surface area (Å²) in [5.41, 5.74) is 10.5. The summed E-state index contributed by atoms with van der Waals surface area (Å²) < 4.78 is 0. The van der Waals surface area contributed by atoms with Crippen molar-refractivity contribution in [2.75, 3.05) is 36.0 Å². The van der Waals surface area contributed by atoms with Crippen molar-refractivity contribution >= 4 is 11.4 Å². The van der Waals surface area contributed by atoms with Gasteiger partial charge in [0.05, 0.1) is 0 Å². The maximum atomic E-state index is 2.89. The summed E-state index contributed by atoms with van der Waals surface area (Å²) >= 11 is 0. The number of nitrogens with zero attached hydrogens (tertiary/aromatic N) is 2. The number of allylic oxidation sites excluding steroid dienone is 8. The summed E-state index contributed by atoms with van der Waals surface area (Å²) in [5, 5.41) is 0. The highest BCUT2D eigenvalue weighted by Gasteiger charge is 2.52. The molecule has 8 atom stereocenters. The molecule has 9 rings (SSSR count). The highest BCUT2D eigenvalue weighted by atomic mass is 15.2. The molecule has 4 aliphatic heterocycles. The van der Waals surface area contributed by atoms with E-state index >= 15 is 0 Å². The first-order valence-electron chi connectivity index (χ1n) is 13.3. The first kappa shape index (κ1) is 17.3. The van der Waals surface area contributed by atoms with Gasteiger partial charge in [-0.25, -0.2) is 0 Å². The van der Waals surface area contributed by atoms with Crippen molar-refractivity contribution in [1.29, 1.82) is 0 Å². The van der Waals surface area contributed by atoms with Crippen LogP contribution in [-0.2, 0) is 0 Å². The van der Waals surface area contributed by atoms with Crippen molar-refractivity contribution in [2.24, 2.45) is 23.7 Å². The lowest BCUT2D eigenvalue weighted by Crippen LogP contribution is -2.49. The Morgan fingerprint density at radius 2 is 0.719 bits per heavy atom. The lowest BCUT2D eigenvalue weighted by molar-refractivity contribution is 0.379. The smallest absolute Gasteiger partial charge is 0.0451 e. The van der Waals surface area contributed by atoms with Crippen LogP contribution in [-0.4, -0.2) is 26.2 Å². The Hall–Kier alpha value is -2.22. The molecule has 0 spiro atoms. The molecule has 2 heteroatoms. The Labute approximate surface area is 191 Å². The molecule has 0 fully saturated rings. The summed E-state index contributed by atoms with van der Waals surface area (Å²) in [5.74, 6) is 5.75. The summed E-state index contributed by atoms with van der Waals surface area (Å²) in [6.45, 7) is 5.10. The van der Waals surface area contributed by atoms with E-state index < -0.39 is 0 Å². The van der Waals surface area contributed by atoms with Crippen molar-refractivity contribution in [3.05, 3.63) is 70.9 Å². The molecular weight excluding hydrogens is 388 g/mol. The fraction of sp³-hybridized carbons (Fsp3) is 0.533. The predicted molar refractivity (Wildman–Crippen MR) is 131 cm³/mol. The van der Waals surface area contributed by atoms with Crippen molar-refractivity contribution in [3.8, 4) is 0 Å². The van der Waals surface area contributed by atoms with Gasteiger partial charge in [-0.2, -0.15) is 0 Å². The second-order valence-electron chi connectivity index (χ2n) is 12.0. The molecule has 1 aromatic carbocycles. The molecule has 0 aromatic heterocycles. The minimum Gasteiger partial charge on any atom is -0.370 e. The predicted octanol–water partition coefficient (Wildman–Crippen LogP) is 5.99. The number of anilines is 2. The van der Waals surface area contributed by atoms with Gasteiger partial charge in [-0.3, -0.25) is 0 Å². The molecule has 8 aliphatic rings. The third kappa shape index (κ3) is 1.92. The lowest BCUT2D eigenvalue weighted by atomic mass is 9.64. The zero-order valence-electron chi connectivity index (χ0n) is 18.8. The molecule has 0 N–H and O–H groups in total. The fourth-order valence-electron chi connectivity index (χ4n) is 9.37. The maximum Gasteiger partial charge on any atom is 0.0451 e. The minimum atomic E-state index is 0.647. The van der Waals surface area contributed by atoms with Gasteiger partial charge >= 0.3 is 0 Å². The standard InChI is InChI=1S/C30H32N2/c1-5-17-13-31-14-18-6-3-11-23(18)27-28-24-12-4-8-20(24)16-32-15-19-7-2-10-22(19)26(30(28)32)25(29(27)31)21(17)9-1/h1-4,9-12,17-24H,5-8,13-16H2/t17-,18-,19-,20-,21-,22-,23-,24-/m0/s1. The first-order valence-corrected chi connectivity index (χ1v) is 13.3. The van der Waals surface area contributed by atoms with Crippen LogP contribution >= 0.6 is 0 Å². The highest BCUT2D eigenvalue weighted by molar-refractivity contribution is 5.84. The monoisotopic (exact) mass is 420 g/mol. The van der Waals surface area contributed by atoms with E-state index in [0.29, 0.717) is 23.7 Å². The molecular formula is C30H32N2. The number of hydrogen-bond donors (Lipinski definition) is 0. The third-order valence-corrected chi connectivity index (χ3v) is 10.5. The third-order valence-electron chi connectivity index (χ3n) is 10.5. The molecule has 0 amide bonds. The highest BCUT2D eigenvalue weighted by Crippen LogP contribution is 2.64. The SMILES string of the molecule is C1=C[C@@H]2c3c4c5c(c6c3N(C[C@@H]2C1)C[C@@H]1CC=C[C@H]61)[C@H]1C=CC[C@H]1CN5C[C@@H]1CC=C[C@H]41. The zero-order valence-corrected chi connectivity index (χ0v) is 18.8. The van der Waals surface area contributed by atoms with Crippen molar-refractivity contribution < 1.29 is 0 Å². The Kier molecular flexibility index (Phi) is 3.14. The van der Waals surface area contributed by atoms with E-state index in [1.807, 2.05) is 0 Å². The van der Waals surface area contributed by atoms with Gasteiger partial charge in [-0.1, -0.05) is 48.6 Å². The van der Waals surface area contributed by atoms with Crippen molar-refractivity contribution in [2.45, 2.75) is 49.4 Å². The van der Waals surface area contributed by atoms with Crippen molar-refractivity contribution in [3.63, 3.8) is 0 Å². The van der Waals surface area contributed by atoms with E-state index in [1.165, 1.54) is 51.9 Å². The molecule has 0 saturated carbocycles. The minimum absolute atomic E-state index is 0.647. The fourth-order valence-corrected chi connectivity index (χ4v) is 9.37. The van der Waals surface area contributed by atoms with Crippen LogP contribution < -0.4 is 9.80 Å². The van der Waals surface area contributed by atoms with Gasteiger partial charge in [-0.15, -0.1) is 0 Å². The van der Waals surface area contributed by atoms with Crippen LogP contribution in [0, 0.1) is 23.7 Å². The van der Waals surface area contributed by atoms with Crippen LogP contribution in [0.4, 0.5) is 11.4 Å². The van der Waals surface area contributed by atoms with Gasteiger partial charge in [0.2, 0.25) is 0 Å². The summed E-state index contributed by atoms with van der Waals surface area (Å²) in [6, 6.07) is 0. The molecule has 162 valence electrons. The van der Waals surface area contributed by atoms with E-state index in [1.54, 1.807) is 33.6 Å². The van der Waals surface area contributed by atoms with E-state index in [2.05, 4.69) is 58.4 Å². The Balaban J connectivity index is 1.43. The second kappa shape index (κ2) is 5.82. The van der Waals surface area contributed by atoms with Crippen LogP contribution in [0.1, 0.15) is 71.6 Å². The second-order valence-corrected chi connectivity index (χ2v) is 12.0. The van der Waals surface area contributed by atoms with Crippen LogP contribution in [0.5, 0.6) is 0 Å². The molecule has 0 bridgehead atoms. The van der Waals surface area contributed by atoms with Gasteiger partial charge in [0.25, 0.3) is 0 Å². The van der Waals surface area contributed by atoms with Gasteiger partial charge < -0.3 is 9.80 Å². The van der Waals surface area contributed by atoms with Crippen LogP contribution in [0.2, 0.25) is 0 Å². The number of rotatable bonds is 0. The Bertz CT molecular complexity index is 992. The average molecular weight is 421 g/mol. The van der Waals surface area contributed by atoms with E-state index in [4.69, 9.17) is 0 Å². The normalized spacial score (nSPS) is 42.6. The van der Waals surface area contributed by atoms with Crippen LogP contribution in [0.25, 0.3) is 0 Å². The van der Waals surface area contributed by atoms with Gasteiger partial charge in [0, 0.05) is 61.2 Å². The summed E-state index contributed by atoms with van der Waals surface area (Å²) in [6.07, 6.45) is 25.5. The van der Waals surface area contributed by atoms with Gasteiger partial charge in [0.1, 0.15) is 0 Å². The molecule has 1 aromatic rings. The molecule has 4 aliphatic carbocycles. The maximum absolute atomic E-state index is 2.89. The summed E-state index contributed by atoms with van der Waals surface area (Å²) in [7, 11) is 0. The quantitative estimate of drug-likeness (QED) is 0.476. The molecule has 0 unspecified atom stereocenters. The van der Waals surface area contributed by atoms with Crippen LogP contribution in [0.3, 0.4) is 0 Å². The van der Waals surface area contributed by atoms with Crippen LogP contribution in [0.15, 0.2) is 48.6 Å². The number of hydrogen-bond acceptors (Lipinski definition) is 2. The number of benzene rings is 1. The Morgan fingerprint density at radius 3 is 1.00 bits per heavy atom. The Morgan fingerprint density at radius 1 is 0.438 bits per heavy atom. The lowest BCUT2D eigenvalue weighted by Gasteiger charge is -2.54. The van der Waals surface area contributed by atoms with E-state index in [0.717, 1.165) is 23.7 Å². The average Bonchev–Trinajstić information content (AvgIpc) is 3.59. The zero-order chi connectivity index (χ0) is 20.6. The molecule has 32 heavy (non-hydrogen) atoms. The van der Waals surface area contributed by atoms with Gasteiger partial charge in [0.15, 0.2) is 0 Å². The molecule has 0 radical (unpaired) electrons. The first-order chi connectivity index (χ1) is 15.9. The van der Waals surface area contributed by atoms with E-state index in [9.17, 15) is 0 Å². The molecule has 2 nitrogen and oxygen atoms in total. The van der Waals surface area contributed by atoms with Gasteiger partial charge in [-0.05, 0) is 71.6 Å². The molecule has 4 heterocycles. The van der Waals surface area contributed by atoms with Crippen molar-refractivity contribution in [1.82, 2.24) is 0 Å². The molecule has 0 saturated heterocycles. The van der Waals surface area contributed by atoms with E-state index in [-0.39, 0.29) is 0 Å². The topological polar surface area (TPSA) is 6.48 Å². The largest absolute Gasteiger partial charge is 0.370 e. The summed E-state index contributed by atoms with van der Waals surface area (Å²) in [4.78, 5) is 5.78. The number of fused-ring (bicyclic) bond motifs is 10.